The molecule has 0 unspecified atom stereocenters. The Hall–Kier alpha value is -2.94. The van der Waals surface area contributed by atoms with Crippen LogP contribution in [0.2, 0.25) is 0 Å². The van der Waals surface area contributed by atoms with E-state index >= 15 is 0 Å². The van der Waals surface area contributed by atoms with Crippen LogP contribution in [-0.4, -0.2) is 36.4 Å². The normalized spacial score (nSPS) is 11.3. The lowest BCUT2D eigenvalue weighted by atomic mass is 10.1. The van der Waals surface area contributed by atoms with Crippen LogP contribution >= 0.6 is 0 Å². The average molecular weight is 392 g/mol. The first-order chi connectivity index (χ1) is 12.6. The van der Waals surface area contributed by atoms with Crippen molar-refractivity contribution in [2.75, 3.05) is 6.26 Å². The summed E-state index contributed by atoms with van der Waals surface area (Å²) in [5.74, 6) is -0.115. The van der Waals surface area contributed by atoms with Crippen LogP contribution in [0.5, 0.6) is 5.75 Å². The van der Waals surface area contributed by atoms with Gasteiger partial charge >= 0.3 is 10.1 Å². The number of carbonyl (C=O) groups is 1. The van der Waals surface area contributed by atoms with Crippen LogP contribution in [0.25, 0.3) is 0 Å². The highest BCUT2D eigenvalue weighted by Gasteiger charge is 2.20. The first-order valence-electron chi connectivity index (χ1n) is 8.10. The Morgan fingerprint density at radius 1 is 1.19 bits per heavy atom. The fraction of sp³-hybridized carbons (Fsp3) is 0.278. The largest absolute Gasteiger partial charge is 0.383 e. The molecule has 2 rings (SSSR count). The molecule has 8 nitrogen and oxygen atoms in total. The summed E-state index contributed by atoms with van der Waals surface area (Å²) in [6.45, 7) is 3.93. The van der Waals surface area contributed by atoms with Crippen molar-refractivity contribution in [1.29, 1.82) is 0 Å². The molecule has 2 aromatic rings. The second-order valence-electron chi connectivity index (χ2n) is 6.27. The predicted octanol–water partition coefficient (Wildman–Crippen LogP) is 2.98. The molecule has 0 saturated heterocycles. The molecule has 0 saturated carbocycles. The molecule has 0 heterocycles. The van der Waals surface area contributed by atoms with Gasteiger partial charge in [-0.3, -0.25) is 14.9 Å². The van der Waals surface area contributed by atoms with Crippen LogP contribution in [0.1, 0.15) is 29.8 Å². The van der Waals surface area contributed by atoms with E-state index in [2.05, 4.69) is 0 Å². The number of non-ortho nitro benzene ring substituents is 1. The number of nitrogens with zero attached hydrogens (tertiary/aromatic N) is 2. The van der Waals surface area contributed by atoms with E-state index < -0.39 is 15.0 Å². The topological polar surface area (TPSA) is 107 Å². The summed E-state index contributed by atoms with van der Waals surface area (Å²) in [6, 6.07) is 11.7. The van der Waals surface area contributed by atoms with Gasteiger partial charge < -0.3 is 9.08 Å². The van der Waals surface area contributed by atoms with Crippen molar-refractivity contribution < 1.29 is 22.3 Å². The lowest BCUT2D eigenvalue weighted by molar-refractivity contribution is -0.384. The van der Waals surface area contributed by atoms with E-state index in [4.69, 9.17) is 4.18 Å². The van der Waals surface area contributed by atoms with E-state index in [1.54, 1.807) is 23.1 Å². The van der Waals surface area contributed by atoms with Gasteiger partial charge in [-0.2, -0.15) is 8.42 Å². The predicted molar refractivity (Wildman–Crippen MR) is 100 cm³/mol. The maximum absolute atomic E-state index is 12.8. The molecule has 9 heteroatoms. The molecule has 0 N–H and O–H groups in total. The van der Waals surface area contributed by atoms with Gasteiger partial charge in [0.15, 0.2) is 0 Å². The molecule has 0 atom stereocenters. The number of nitro benzene ring substituents is 1. The minimum atomic E-state index is -3.64. The minimum Gasteiger partial charge on any atom is -0.383 e. The van der Waals surface area contributed by atoms with Crippen LogP contribution in [-0.2, 0) is 16.7 Å². The van der Waals surface area contributed by atoms with Crippen LogP contribution < -0.4 is 4.18 Å². The molecule has 0 spiro atoms. The van der Waals surface area contributed by atoms with Crippen molar-refractivity contribution in [2.24, 2.45) is 0 Å². The highest BCUT2D eigenvalue weighted by atomic mass is 32.2. The van der Waals surface area contributed by atoms with Gasteiger partial charge in [0.05, 0.1) is 11.2 Å². The summed E-state index contributed by atoms with van der Waals surface area (Å²) in [7, 11) is -3.64. The lowest BCUT2D eigenvalue weighted by Gasteiger charge is -2.27. The van der Waals surface area contributed by atoms with Crippen LogP contribution in [0, 0.1) is 10.1 Å². The lowest BCUT2D eigenvalue weighted by Crippen LogP contribution is -2.36. The van der Waals surface area contributed by atoms with Gasteiger partial charge in [-0.05, 0) is 43.7 Å². The monoisotopic (exact) mass is 392 g/mol. The molecule has 1 amide bonds. The summed E-state index contributed by atoms with van der Waals surface area (Å²) >= 11 is 0. The van der Waals surface area contributed by atoms with Crippen molar-refractivity contribution in [2.45, 2.75) is 26.4 Å². The number of rotatable bonds is 7. The van der Waals surface area contributed by atoms with Gasteiger partial charge in [0.1, 0.15) is 5.75 Å². The SMILES string of the molecule is CC(C)N(Cc1cccc(OS(C)(=O)=O)c1)C(=O)c1ccc([N+](=O)[O-])cc1. The van der Waals surface area contributed by atoms with E-state index in [9.17, 15) is 23.3 Å². The molecule has 27 heavy (non-hydrogen) atoms. The Kier molecular flexibility index (Phi) is 6.17. The molecule has 2 aromatic carbocycles. The van der Waals surface area contributed by atoms with Gasteiger partial charge in [-0.15, -0.1) is 0 Å². The highest BCUT2D eigenvalue weighted by Crippen LogP contribution is 2.20. The highest BCUT2D eigenvalue weighted by molar-refractivity contribution is 7.86. The zero-order chi connectivity index (χ0) is 20.2. The molecule has 0 aliphatic heterocycles. The number of amides is 1. The number of hydrogen-bond donors (Lipinski definition) is 0. The van der Waals surface area contributed by atoms with Crippen LogP contribution in [0.15, 0.2) is 48.5 Å². The fourth-order valence-electron chi connectivity index (χ4n) is 2.45. The van der Waals surface area contributed by atoms with Crippen molar-refractivity contribution in [3.63, 3.8) is 0 Å². The second-order valence-corrected chi connectivity index (χ2v) is 7.84. The van der Waals surface area contributed by atoms with E-state index in [0.717, 1.165) is 6.26 Å². The van der Waals surface area contributed by atoms with E-state index in [1.165, 1.54) is 30.3 Å². The second kappa shape index (κ2) is 8.17. The van der Waals surface area contributed by atoms with E-state index in [1.807, 2.05) is 13.8 Å². The molecular weight excluding hydrogens is 372 g/mol. The molecule has 0 bridgehead atoms. The summed E-state index contributed by atoms with van der Waals surface area (Å²) in [6.07, 6.45) is 0.957. The molecule has 0 aliphatic carbocycles. The van der Waals surface area contributed by atoms with Crippen molar-refractivity contribution in [3.05, 3.63) is 69.8 Å². The third-order valence-corrected chi connectivity index (χ3v) is 4.20. The molecule has 0 aromatic heterocycles. The number of hydrogen-bond acceptors (Lipinski definition) is 6. The van der Waals surface area contributed by atoms with Gasteiger partial charge in [0, 0.05) is 30.3 Å². The van der Waals surface area contributed by atoms with Gasteiger partial charge in [-0.25, -0.2) is 0 Å². The first-order valence-corrected chi connectivity index (χ1v) is 9.92. The van der Waals surface area contributed by atoms with Gasteiger partial charge in [-0.1, -0.05) is 12.1 Å². The third kappa shape index (κ3) is 5.78. The number of nitro groups is 1. The standard InChI is InChI=1S/C18H20N2O6S/c1-13(2)19(18(21)15-7-9-16(10-8-15)20(22)23)12-14-5-4-6-17(11-14)26-27(3,24)25/h4-11,13H,12H2,1-3H3. The summed E-state index contributed by atoms with van der Waals surface area (Å²) < 4.78 is 27.4. The zero-order valence-electron chi connectivity index (χ0n) is 15.2. The van der Waals surface area contributed by atoms with Crippen molar-refractivity contribution in [1.82, 2.24) is 4.90 Å². The Balaban J connectivity index is 2.23. The Morgan fingerprint density at radius 2 is 1.81 bits per heavy atom. The quantitative estimate of drug-likeness (QED) is 0.407. The molecule has 0 fully saturated rings. The summed E-state index contributed by atoms with van der Waals surface area (Å²) in [4.78, 5) is 24.6. The maximum Gasteiger partial charge on any atom is 0.306 e. The molecule has 144 valence electrons. The third-order valence-electron chi connectivity index (χ3n) is 3.71. The maximum atomic E-state index is 12.8. The molecule has 0 radical (unpaired) electrons. The van der Waals surface area contributed by atoms with Gasteiger partial charge in [0.2, 0.25) is 0 Å². The van der Waals surface area contributed by atoms with Crippen molar-refractivity contribution >= 4 is 21.7 Å². The van der Waals surface area contributed by atoms with Crippen molar-refractivity contribution in [3.8, 4) is 5.75 Å². The Bertz CT molecular complexity index is 939. The Labute approximate surface area is 157 Å². The number of benzene rings is 2. The summed E-state index contributed by atoms with van der Waals surface area (Å²) in [5, 5.41) is 10.8. The first kappa shape index (κ1) is 20.4. The fourth-order valence-corrected chi connectivity index (χ4v) is 2.90. The summed E-state index contributed by atoms with van der Waals surface area (Å²) in [5.41, 5.74) is 0.936. The van der Waals surface area contributed by atoms with Crippen LogP contribution in [0.4, 0.5) is 5.69 Å². The minimum absolute atomic E-state index is 0.0896. The number of carbonyl (C=O) groups excluding carboxylic acids is 1. The van der Waals surface area contributed by atoms with E-state index in [0.29, 0.717) is 11.1 Å². The van der Waals surface area contributed by atoms with Gasteiger partial charge in [0.25, 0.3) is 11.6 Å². The average Bonchev–Trinajstić information content (AvgIpc) is 2.57. The zero-order valence-corrected chi connectivity index (χ0v) is 16.0. The molecule has 0 aliphatic rings. The smallest absolute Gasteiger partial charge is 0.306 e. The van der Waals surface area contributed by atoms with E-state index in [-0.39, 0.29) is 29.9 Å². The van der Waals surface area contributed by atoms with Crippen LogP contribution in [0.3, 0.4) is 0 Å². The Morgan fingerprint density at radius 3 is 2.33 bits per heavy atom. The molecular formula is C18H20N2O6S.